The molecule has 0 bridgehead atoms. The second-order valence-corrected chi connectivity index (χ2v) is 4.32. The van der Waals surface area contributed by atoms with Crippen molar-refractivity contribution in [2.45, 2.75) is 6.92 Å². The fourth-order valence-corrected chi connectivity index (χ4v) is 2.29. The van der Waals surface area contributed by atoms with Gasteiger partial charge in [-0.1, -0.05) is 11.3 Å². The van der Waals surface area contributed by atoms with Crippen molar-refractivity contribution in [3.8, 4) is 16.2 Å². The van der Waals surface area contributed by atoms with Crippen molar-refractivity contribution >= 4 is 16.5 Å². The zero-order valence-corrected chi connectivity index (χ0v) is 10.2. The van der Waals surface area contributed by atoms with Crippen molar-refractivity contribution in [3.63, 3.8) is 0 Å². The summed E-state index contributed by atoms with van der Waals surface area (Å²) >= 11 is 1.66. The molecule has 1 heterocycles. The Bertz CT molecular complexity index is 450. The predicted octanol–water partition coefficient (Wildman–Crippen LogP) is 3.25. The molecule has 2 rings (SSSR count). The molecule has 84 valence electrons. The summed E-state index contributed by atoms with van der Waals surface area (Å²) in [6.07, 6.45) is 1.89. The lowest BCUT2D eigenvalue weighted by Crippen LogP contribution is -1.94. The Hall–Kier alpha value is -1.55. The lowest BCUT2D eigenvalue weighted by atomic mass is 10.2. The van der Waals surface area contributed by atoms with Crippen molar-refractivity contribution in [1.29, 1.82) is 0 Å². The van der Waals surface area contributed by atoms with Gasteiger partial charge < -0.3 is 10.1 Å². The Morgan fingerprint density at radius 1 is 1.31 bits per heavy atom. The molecule has 0 aliphatic rings. The van der Waals surface area contributed by atoms with Gasteiger partial charge in [-0.15, -0.1) is 0 Å². The zero-order chi connectivity index (χ0) is 11.4. The molecule has 0 saturated heterocycles. The summed E-state index contributed by atoms with van der Waals surface area (Å²) in [6.45, 7) is 2.96. The van der Waals surface area contributed by atoms with Gasteiger partial charge in [0.05, 0.1) is 12.0 Å². The van der Waals surface area contributed by atoms with Gasteiger partial charge in [0.15, 0.2) is 5.13 Å². The molecule has 0 aliphatic heterocycles. The topological polar surface area (TPSA) is 34.2 Å². The van der Waals surface area contributed by atoms with Crippen LogP contribution in [0.25, 0.3) is 10.4 Å². The summed E-state index contributed by atoms with van der Waals surface area (Å²) in [5.74, 6) is 0.875. The van der Waals surface area contributed by atoms with Crippen LogP contribution in [0, 0.1) is 0 Å². The molecule has 1 aromatic heterocycles. The smallest absolute Gasteiger partial charge is 0.183 e. The summed E-state index contributed by atoms with van der Waals surface area (Å²) in [7, 11) is 1.67. The third kappa shape index (κ3) is 2.33. The number of anilines is 1. The van der Waals surface area contributed by atoms with Crippen LogP contribution in [0.5, 0.6) is 5.75 Å². The van der Waals surface area contributed by atoms with Gasteiger partial charge in [-0.25, -0.2) is 4.98 Å². The largest absolute Gasteiger partial charge is 0.497 e. The fourth-order valence-electron chi connectivity index (χ4n) is 1.40. The molecular weight excluding hydrogens is 220 g/mol. The average molecular weight is 234 g/mol. The van der Waals surface area contributed by atoms with Gasteiger partial charge in [-0.2, -0.15) is 0 Å². The highest BCUT2D eigenvalue weighted by atomic mass is 32.1. The van der Waals surface area contributed by atoms with Crippen molar-refractivity contribution in [3.05, 3.63) is 30.5 Å². The summed E-state index contributed by atoms with van der Waals surface area (Å²) in [5.41, 5.74) is 1.17. The highest BCUT2D eigenvalue weighted by Crippen LogP contribution is 2.29. The molecule has 0 atom stereocenters. The Labute approximate surface area is 99.1 Å². The first-order chi connectivity index (χ1) is 7.83. The van der Waals surface area contributed by atoms with Crippen LogP contribution in [0.15, 0.2) is 30.5 Å². The average Bonchev–Trinajstić information content (AvgIpc) is 2.78. The molecule has 0 saturated carbocycles. The van der Waals surface area contributed by atoms with Crippen molar-refractivity contribution in [2.75, 3.05) is 19.0 Å². The Morgan fingerprint density at radius 3 is 2.69 bits per heavy atom. The molecule has 0 spiro atoms. The first-order valence-electron chi connectivity index (χ1n) is 5.17. The van der Waals surface area contributed by atoms with E-state index in [4.69, 9.17) is 4.74 Å². The molecule has 3 nitrogen and oxygen atoms in total. The van der Waals surface area contributed by atoms with Crippen molar-refractivity contribution < 1.29 is 4.74 Å². The second kappa shape index (κ2) is 4.99. The third-order valence-electron chi connectivity index (χ3n) is 2.21. The summed E-state index contributed by atoms with van der Waals surface area (Å²) < 4.78 is 5.12. The number of ether oxygens (including phenoxy) is 1. The fraction of sp³-hybridized carbons (Fsp3) is 0.250. The Morgan fingerprint density at radius 2 is 2.06 bits per heavy atom. The lowest BCUT2D eigenvalue weighted by Gasteiger charge is -2.00. The number of benzene rings is 1. The van der Waals surface area contributed by atoms with E-state index in [1.165, 1.54) is 10.4 Å². The molecule has 0 unspecified atom stereocenters. The molecule has 4 heteroatoms. The van der Waals surface area contributed by atoms with E-state index in [0.29, 0.717) is 0 Å². The van der Waals surface area contributed by atoms with Crippen LogP contribution in [0.2, 0.25) is 0 Å². The number of nitrogens with one attached hydrogen (secondary N) is 1. The van der Waals surface area contributed by atoms with Gasteiger partial charge in [0.25, 0.3) is 0 Å². The second-order valence-electron chi connectivity index (χ2n) is 3.29. The van der Waals surface area contributed by atoms with Gasteiger partial charge in [0.1, 0.15) is 5.75 Å². The molecule has 1 N–H and O–H groups in total. The first kappa shape index (κ1) is 11.0. The van der Waals surface area contributed by atoms with E-state index >= 15 is 0 Å². The number of hydrogen-bond donors (Lipinski definition) is 1. The molecule has 0 aliphatic carbocycles. The molecule has 2 aromatic rings. The molecule has 0 radical (unpaired) electrons. The number of hydrogen-bond acceptors (Lipinski definition) is 4. The van der Waals surface area contributed by atoms with Gasteiger partial charge in [-0.05, 0) is 36.8 Å². The maximum Gasteiger partial charge on any atom is 0.183 e. The molecule has 0 fully saturated rings. The van der Waals surface area contributed by atoms with Crippen LogP contribution in [-0.2, 0) is 0 Å². The number of methoxy groups -OCH3 is 1. The molecule has 0 amide bonds. The monoisotopic (exact) mass is 234 g/mol. The zero-order valence-electron chi connectivity index (χ0n) is 9.36. The van der Waals surface area contributed by atoms with E-state index in [2.05, 4.69) is 17.2 Å². The van der Waals surface area contributed by atoms with E-state index < -0.39 is 0 Å². The number of rotatable bonds is 4. The molecule has 16 heavy (non-hydrogen) atoms. The summed E-state index contributed by atoms with van der Waals surface area (Å²) in [4.78, 5) is 5.47. The van der Waals surface area contributed by atoms with Crippen LogP contribution >= 0.6 is 11.3 Å². The van der Waals surface area contributed by atoms with E-state index in [1.807, 2.05) is 30.5 Å². The van der Waals surface area contributed by atoms with E-state index in [9.17, 15) is 0 Å². The van der Waals surface area contributed by atoms with Crippen LogP contribution in [0.1, 0.15) is 6.92 Å². The first-order valence-corrected chi connectivity index (χ1v) is 5.99. The van der Waals surface area contributed by atoms with E-state index in [0.717, 1.165) is 17.4 Å². The standard InChI is InChI=1S/C12H14N2OS/c1-3-13-12-14-8-11(16-12)9-4-6-10(15-2)7-5-9/h4-8H,3H2,1-2H3,(H,13,14). The number of thiazole rings is 1. The predicted molar refractivity (Wildman–Crippen MR) is 68.3 cm³/mol. The molecule has 1 aromatic carbocycles. The highest BCUT2D eigenvalue weighted by Gasteiger charge is 2.03. The Balaban J connectivity index is 2.21. The number of aromatic nitrogens is 1. The van der Waals surface area contributed by atoms with Gasteiger partial charge in [0.2, 0.25) is 0 Å². The summed E-state index contributed by atoms with van der Waals surface area (Å²) in [6, 6.07) is 8.01. The number of nitrogens with zero attached hydrogens (tertiary/aromatic N) is 1. The minimum atomic E-state index is 0.875. The summed E-state index contributed by atoms with van der Waals surface area (Å²) in [5, 5.41) is 4.17. The van der Waals surface area contributed by atoms with Crippen LogP contribution in [0.4, 0.5) is 5.13 Å². The van der Waals surface area contributed by atoms with Crippen molar-refractivity contribution in [2.24, 2.45) is 0 Å². The van der Waals surface area contributed by atoms with Gasteiger partial charge in [0, 0.05) is 12.7 Å². The van der Waals surface area contributed by atoms with Crippen LogP contribution in [0.3, 0.4) is 0 Å². The minimum Gasteiger partial charge on any atom is -0.497 e. The van der Waals surface area contributed by atoms with E-state index in [-0.39, 0.29) is 0 Å². The normalized spacial score (nSPS) is 10.1. The highest BCUT2D eigenvalue weighted by molar-refractivity contribution is 7.18. The Kier molecular flexibility index (Phi) is 3.41. The van der Waals surface area contributed by atoms with Gasteiger partial charge in [-0.3, -0.25) is 0 Å². The quantitative estimate of drug-likeness (QED) is 0.881. The lowest BCUT2D eigenvalue weighted by molar-refractivity contribution is 0.415. The maximum absolute atomic E-state index is 5.12. The van der Waals surface area contributed by atoms with Crippen molar-refractivity contribution in [1.82, 2.24) is 4.98 Å². The van der Waals surface area contributed by atoms with Crippen LogP contribution in [-0.4, -0.2) is 18.6 Å². The van der Waals surface area contributed by atoms with Gasteiger partial charge >= 0.3 is 0 Å². The van der Waals surface area contributed by atoms with Crippen LogP contribution < -0.4 is 10.1 Å². The SMILES string of the molecule is CCNc1ncc(-c2ccc(OC)cc2)s1. The molecular formula is C12H14N2OS. The maximum atomic E-state index is 5.12. The third-order valence-corrected chi connectivity index (χ3v) is 3.21. The van der Waals surface area contributed by atoms with E-state index in [1.54, 1.807) is 18.4 Å². The minimum absolute atomic E-state index is 0.875.